The highest BCUT2D eigenvalue weighted by Crippen LogP contribution is 2.33. The molecule has 44 heavy (non-hydrogen) atoms. The third-order valence-electron chi connectivity index (χ3n) is 7.75. The average molecular weight is 630 g/mol. The van der Waals surface area contributed by atoms with Gasteiger partial charge in [-0.15, -0.1) is 0 Å². The number of nitrogens with one attached hydrogen (secondary N) is 4. The van der Waals surface area contributed by atoms with Gasteiger partial charge in [0.1, 0.15) is 5.78 Å². The van der Waals surface area contributed by atoms with E-state index in [1.54, 1.807) is 12.1 Å². The summed E-state index contributed by atoms with van der Waals surface area (Å²) >= 11 is 1.90. The summed E-state index contributed by atoms with van der Waals surface area (Å²) in [6.07, 6.45) is 10.1. The number of carbonyl (C=O) groups is 5. The Hall–Kier alpha value is -3.94. The second-order valence-electron chi connectivity index (χ2n) is 11.2. The molecule has 4 rings (SSSR count). The lowest BCUT2D eigenvalue weighted by molar-refractivity contribution is -0.670. The van der Waals surface area contributed by atoms with Crippen LogP contribution in [0.25, 0.3) is 5.69 Å². The molecule has 2 aliphatic heterocycles. The maximum atomic E-state index is 12.2. The molecule has 1 aromatic carbocycles. The van der Waals surface area contributed by atoms with Gasteiger partial charge in [0.15, 0.2) is 0 Å². The summed E-state index contributed by atoms with van der Waals surface area (Å²) in [7, 11) is 0. The van der Waals surface area contributed by atoms with Crippen LogP contribution in [0.4, 0.5) is 10.7 Å². The number of hydrogen-bond acceptors (Lipinski definition) is 8. The summed E-state index contributed by atoms with van der Waals surface area (Å²) < 4.78 is 6.49. The predicted molar refractivity (Wildman–Crippen MR) is 163 cm³/mol. The number of urea groups is 1. The van der Waals surface area contributed by atoms with Gasteiger partial charge in [0, 0.05) is 55.4 Å². The molecular weight excluding hydrogens is 588 g/mol. The number of nitrogens with zero attached hydrogens (tertiary/aromatic N) is 2. The molecule has 13 nitrogen and oxygen atoms in total. The van der Waals surface area contributed by atoms with Crippen molar-refractivity contribution < 1.29 is 38.3 Å². The molecule has 0 unspecified atom stereocenters. The van der Waals surface area contributed by atoms with Crippen molar-refractivity contribution >= 4 is 47.2 Å². The van der Waals surface area contributed by atoms with Gasteiger partial charge in [-0.3, -0.25) is 24.2 Å². The fraction of sp³-hybridized carbons (Fsp3) is 0.567. The molecular formula is C30H41N6O7S+. The smallest absolute Gasteiger partial charge is 0.335 e. The molecule has 0 spiro atoms. The standard InChI is InChI=1S/C30H40N6O7S/c37-22(9-5-6-10-24-28-23(19-44-24)32-30(42)34-28)8-3-1-2-4-11-25(38)31-17-7-12-26(39)33-27-18-36(35-43-27)21-15-13-20(14-16-21)29(40)41/h13-16,18,23-24,28H,1-12,17,19H2,(H4-,31,32,33,34,35,38,39,40,41,42)/p+1/t23-,24-,28-/m0/s1. The van der Waals surface area contributed by atoms with Crippen molar-refractivity contribution in [2.75, 3.05) is 17.6 Å². The summed E-state index contributed by atoms with van der Waals surface area (Å²) in [6.45, 7) is 0.388. The molecule has 3 atom stereocenters. The first-order valence-electron chi connectivity index (χ1n) is 15.3. The molecule has 14 heteroatoms. The van der Waals surface area contributed by atoms with E-state index in [0.29, 0.717) is 48.9 Å². The van der Waals surface area contributed by atoms with Gasteiger partial charge in [0.2, 0.25) is 22.8 Å². The molecule has 0 aliphatic carbocycles. The molecule has 2 aromatic rings. The largest absolute Gasteiger partial charge is 0.478 e. The number of rotatable bonds is 19. The molecule has 238 valence electrons. The van der Waals surface area contributed by atoms with Gasteiger partial charge in [-0.1, -0.05) is 19.3 Å². The Labute approximate surface area is 260 Å². The number of ketones is 1. The van der Waals surface area contributed by atoms with Crippen molar-refractivity contribution in [3.05, 3.63) is 36.0 Å². The first-order chi connectivity index (χ1) is 21.3. The number of anilines is 1. The fourth-order valence-electron chi connectivity index (χ4n) is 5.34. The highest BCUT2D eigenvalue weighted by atomic mass is 32.2. The van der Waals surface area contributed by atoms with Crippen LogP contribution in [-0.2, 0) is 14.4 Å². The number of carboxylic acids is 1. The van der Waals surface area contributed by atoms with Crippen molar-refractivity contribution in [2.45, 2.75) is 94.4 Å². The normalized spacial score (nSPS) is 18.7. The van der Waals surface area contributed by atoms with Crippen LogP contribution in [0.2, 0.25) is 0 Å². The van der Waals surface area contributed by atoms with Crippen molar-refractivity contribution in [1.82, 2.24) is 21.2 Å². The van der Waals surface area contributed by atoms with E-state index in [2.05, 4.69) is 26.5 Å². The molecule has 3 heterocycles. The van der Waals surface area contributed by atoms with E-state index in [1.165, 1.54) is 23.0 Å². The van der Waals surface area contributed by atoms with E-state index in [9.17, 15) is 24.0 Å². The second-order valence-corrected chi connectivity index (χ2v) is 12.5. The lowest BCUT2D eigenvalue weighted by atomic mass is 10.0. The van der Waals surface area contributed by atoms with Crippen molar-refractivity contribution in [1.29, 1.82) is 0 Å². The van der Waals surface area contributed by atoms with Crippen LogP contribution in [0.1, 0.15) is 87.4 Å². The first-order valence-corrected chi connectivity index (χ1v) is 16.3. The number of aromatic nitrogens is 2. The number of thioether (sulfide) groups is 1. The van der Waals surface area contributed by atoms with Crippen molar-refractivity contribution in [3.63, 3.8) is 0 Å². The molecule has 2 aliphatic rings. The zero-order valence-electron chi connectivity index (χ0n) is 24.7. The molecule has 2 fully saturated rings. The molecule has 4 amide bonds. The average Bonchev–Trinajstić information content (AvgIpc) is 3.72. The number of amides is 4. The predicted octanol–water partition coefficient (Wildman–Crippen LogP) is 3.12. The van der Waals surface area contributed by atoms with Gasteiger partial charge in [-0.05, 0) is 48.9 Å². The third kappa shape index (κ3) is 10.4. The van der Waals surface area contributed by atoms with E-state index < -0.39 is 5.97 Å². The highest BCUT2D eigenvalue weighted by Gasteiger charge is 2.42. The van der Waals surface area contributed by atoms with Crippen LogP contribution in [0.3, 0.4) is 0 Å². The number of Topliss-reactive ketones (excluding diaryl/α,β-unsaturated/α-hetero) is 1. The lowest BCUT2D eigenvalue weighted by Crippen LogP contribution is -2.36. The van der Waals surface area contributed by atoms with Crippen molar-refractivity contribution in [2.24, 2.45) is 0 Å². The quantitative estimate of drug-likeness (QED) is 0.0885. The number of fused-ring (bicyclic) bond motifs is 1. The Bertz CT molecular complexity index is 1300. The highest BCUT2D eigenvalue weighted by molar-refractivity contribution is 8.00. The molecule has 5 N–H and O–H groups in total. The Morgan fingerprint density at radius 3 is 2.39 bits per heavy atom. The monoisotopic (exact) mass is 629 g/mol. The zero-order chi connectivity index (χ0) is 31.3. The Kier molecular flexibility index (Phi) is 12.6. The lowest BCUT2D eigenvalue weighted by Gasteiger charge is -2.16. The van der Waals surface area contributed by atoms with E-state index in [-0.39, 0.29) is 47.8 Å². The summed E-state index contributed by atoms with van der Waals surface area (Å²) in [5, 5.41) is 24.6. The summed E-state index contributed by atoms with van der Waals surface area (Å²) in [6, 6.07) is 6.44. The number of carbonyl (C=O) groups excluding carboxylic acids is 4. The minimum atomic E-state index is -1.03. The summed E-state index contributed by atoms with van der Waals surface area (Å²) in [4.78, 5) is 58.9. The van der Waals surface area contributed by atoms with Gasteiger partial charge >= 0.3 is 17.9 Å². The van der Waals surface area contributed by atoms with Crippen LogP contribution in [0.15, 0.2) is 35.0 Å². The van der Waals surface area contributed by atoms with Crippen LogP contribution in [-0.4, -0.2) is 69.6 Å². The first kappa shape index (κ1) is 33.0. The number of unbranched alkanes of at least 4 members (excludes halogenated alkanes) is 4. The van der Waals surface area contributed by atoms with E-state index in [0.717, 1.165) is 50.7 Å². The second kappa shape index (κ2) is 16.8. The van der Waals surface area contributed by atoms with Gasteiger partial charge < -0.3 is 21.1 Å². The molecule has 0 radical (unpaired) electrons. The Balaban J connectivity index is 0.954. The molecule has 0 saturated carbocycles. The molecule has 0 bridgehead atoms. The topological polar surface area (TPSA) is 184 Å². The maximum absolute atomic E-state index is 12.2. The summed E-state index contributed by atoms with van der Waals surface area (Å²) in [5.74, 6) is 0.0560. The minimum Gasteiger partial charge on any atom is -0.478 e. The zero-order valence-corrected chi connectivity index (χ0v) is 25.5. The Morgan fingerprint density at radius 1 is 0.932 bits per heavy atom. The van der Waals surface area contributed by atoms with Crippen LogP contribution < -0.4 is 25.9 Å². The number of carboxylic acid groups (broad SMARTS) is 1. The molecule has 2 saturated heterocycles. The van der Waals surface area contributed by atoms with Crippen LogP contribution in [0.5, 0.6) is 0 Å². The summed E-state index contributed by atoms with van der Waals surface area (Å²) in [5.41, 5.74) is 0.729. The van der Waals surface area contributed by atoms with Crippen molar-refractivity contribution in [3.8, 4) is 5.69 Å². The number of aromatic carboxylic acids is 1. The van der Waals surface area contributed by atoms with Crippen LogP contribution >= 0.6 is 11.8 Å². The Morgan fingerprint density at radius 2 is 1.64 bits per heavy atom. The van der Waals surface area contributed by atoms with Gasteiger partial charge in [-0.25, -0.2) is 9.59 Å². The van der Waals surface area contributed by atoms with Gasteiger partial charge in [0.25, 0.3) is 6.20 Å². The third-order valence-corrected chi connectivity index (χ3v) is 9.26. The van der Waals surface area contributed by atoms with Gasteiger partial charge in [0.05, 0.1) is 17.6 Å². The minimum absolute atomic E-state index is 0.0497. The van der Waals surface area contributed by atoms with E-state index in [1.807, 2.05) is 11.8 Å². The van der Waals surface area contributed by atoms with E-state index in [4.69, 9.17) is 9.63 Å². The van der Waals surface area contributed by atoms with Crippen LogP contribution in [0, 0.1) is 0 Å². The number of benzene rings is 1. The molecule has 1 aromatic heterocycles. The maximum Gasteiger partial charge on any atom is 0.335 e. The van der Waals surface area contributed by atoms with E-state index >= 15 is 0 Å². The number of hydrogen-bond donors (Lipinski definition) is 5. The van der Waals surface area contributed by atoms with Gasteiger partial charge in [-0.2, -0.15) is 11.8 Å². The fourth-order valence-corrected chi connectivity index (χ4v) is 6.89. The SMILES string of the molecule is O=C(CCCCCCC(=O)NCCCC(=O)Nc1c[n+](-c2ccc(C(=O)O)cc2)no1)CCCC[C@@H]1SC[C@@H]2NC(=O)N[C@@H]21.